The molecular formula is C15H10BrN3O4S. The standard InChI is InChI=1S/C15H10BrN3O4S/c16-9-1-4-11(5-2-9)23-8-14(20)18-15-17-12-6-3-10(19(21)22)7-13(12)24-15/h1-7H,8H2,(H,17,18,20). The highest BCUT2D eigenvalue weighted by Gasteiger charge is 2.12. The Labute approximate surface area is 148 Å². The number of nitro benzene ring substituents is 1. The van der Waals surface area contributed by atoms with E-state index >= 15 is 0 Å². The highest BCUT2D eigenvalue weighted by molar-refractivity contribution is 9.10. The molecule has 1 amide bonds. The van der Waals surface area contributed by atoms with Crippen molar-refractivity contribution in [1.29, 1.82) is 0 Å². The van der Waals surface area contributed by atoms with Gasteiger partial charge in [0.1, 0.15) is 5.75 Å². The Morgan fingerprint density at radius 1 is 1.29 bits per heavy atom. The van der Waals surface area contributed by atoms with Gasteiger partial charge in [0.05, 0.1) is 15.1 Å². The highest BCUT2D eigenvalue weighted by Crippen LogP contribution is 2.29. The lowest BCUT2D eigenvalue weighted by molar-refractivity contribution is -0.384. The number of nitrogens with zero attached hydrogens (tertiary/aromatic N) is 2. The molecule has 0 aliphatic carbocycles. The minimum absolute atomic E-state index is 0.0115. The topological polar surface area (TPSA) is 94.4 Å². The first-order valence-corrected chi connectivity index (χ1v) is 8.35. The van der Waals surface area contributed by atoms with Crippen LogP contribution in [-0.4, -0.2) is 22.4 Å². The van der Waals surface area contributed by atoms with Crippen LogP contribution < -0.4 is 10.1 Å². The van der Waals surface area contributed by atoms with Crippen molar-refractivity contribution in [3.05, 3.63) is 57.1 Å². The molecule has 9 heteroatoms. The average molecular weight is 408 g/mol. The van der Waals surface area contributed by atoms with Gasteiger partial charge in [-0.25, -0.2) is 4.98 Å². The van der Waals surface area contributed by atoms with Crippen LogP contribution in [0.1, 0.15) is 0 Å². The lowest BCUT2D eigenvalue weighted by Gasteiger charge is -2.05. The van der Waals surface area contributed by atoms with Crippen molar-refractivity contribution in [3.8, 4) is 5.75 Å². The fraction of sp³-hybridized carbons (Fsp3) is 0.0667. The molecule has 0 saturated carbocycles. The number of rotatable bonds is 5. The molecule has 7 nitrogen and oxygen atoms in total. The minimum Gasteiger partial charge on any atom is -0.484 e. The molecule has 0 aliphatic rings. The molecule has 1 N–H and O–H groups in total. The van der Waals surface area contributed by atoms with Crippen LogP contribution in [0, 0.1) is 10.1 Å². The number of non-ortho nitro benzene ring substituents is 1. The smallest absolute Gasteiger partial charge is 0.270 e. The molecule has 0 fully saturated rings. The number of fused-ring (bicyclic) bond motifs is 1. The van der Waals surface area contributed by atoms with E-state index in [1.54, 1.807) is 18.2 Å². The largest absolute Gasteiger partial charge is 0.484 e. The van der Waals surface area contributed by atoms with Crippen molar-refractivity contribution >= 4 is 54.2 Å². The molecule has 2 aromatic carbocycles. The van der Waals surface area contributed by atoms with Gasteiger partial charge in [0.2, 0.25) is 0 Å². The maximum Gasteiger partial charge on any atom is 0.270 e. The SMILES string of the molecule is O=C(COc1ccc(Br)cc1)Nc1nc2ccc([N+](=O)[O-])cc2s1. The number of benzene rings is 2. The fourth-order valence-corrected chi connectivity index (χ4v) is 3.09. The maximum absolute atomic E-state index is 11.9. The van der Waals surface area contributed by atoms with E-state index in [9.17, 15) is 14.9 Å². The van der Waals surface area contributed by atoms with Crippen LogP contribution in [0.25, 0.3) is 10.2 Å². The van der Waals surface area contributed by atoms with Gasteiger partial charge in [-0.05, 0) is 30.3 Å². The Morgan fingerprint density at radius 3 is 2.75 bits per heavy atom. The number of carbonyl (C=O) groups is 1. The Bertz CT molecular complexity index is 911. The molecule has 0 bridgehead atoms. The summed E-state index contributed by atoms with van der Waals surface area (Å²) < 4.78 is 6.93. The van der Waals surface area contributed by atoms with Gasteiger partial charge in [-0.3, -0.25) is 20.2 Å². The first kappa shape index (κ1) is 16.3. The third-order valence-corrected chi connectivity index (χ3v) is 4.48. The zero-order valence-electron chi connectivity index (χ0n) is 12.1. The number of carbonyl (C=O) groups excluding carboxylic acids is 1. The molecule has 0 atom stereocenters. The van der Waals surface area contributed by atoms with Crippen LogP contribution >= 0.6 is 27.3 Å². The second kappa shape index (κ2) is 6.93. The van der Waals surface area contributed by atoms with E-state index in [0.29, 0.717) is 21.1 Å². The second-order valence-corrected chi connectivity index (χ2v) is 6.67. The van der Waals surface area contributed by atoms with Gasteiger partial charge in [0.15, 0.2) is 11.7 Å². The van der Waals surface area contributed by atoms with E-state index < -0.39 is 4.92 Å². The molecule has 3 aromatic rings. The van der Waals surface area contributed by atoms with Crippen molar-refractivity contribution in [3.63, 3.8) is 0 Å². The van der Waals surface area contributed by atoms with Crippen molar-refractivity contribution < 1.29 is 14.5 Å². The number of ether oxygens (including phenoxy) is 1. The van der Waals surface area contributed by atoms with Gasteiger partial charge >= 0.3 is 0 Å². The van der Waals surface area contributed by atoms with Crippen molar-refractivity contribution in [2.45, 2.75) is 0 Å². The number of thiazole rings is 1. The predicted molar refractivity (Wildman–Crippen MR) is 94.5 cm³/mol. The number of aromatic nitrogens is 1. The summed E-state index contributed by atoms with van der Waals surface area (Å²) in [6.07, 6.45) is 0. The van der Waals surface area contributed by atoms with Crippen LogP contribution in [0.4, 0.5) is 10.8 Å². The predicted octanol–water partition coefficient (Wildman–Crippen LogP) is 3.98. The number of anilines is 1. The first-order chi connectivity index (χ1) is 11.5. The number of halogens is 1. The average Bonchev–Trinajstić information content (AvgIpc) is 2.95. The molecule has 0 unspecified atom stereocenters. The maximum atomic E-state index is 11.9. The molecule has 0 aliphatic heterocycles. The first-order valence-electron chi connectivity index (χ1n) is 6.74. The van der Waals surface area contributed by atoms with E-state index in [1.807, 2.05) is 12.1 Å². The van der Waals surface area contributed by atoms with Gasteiger partial charge in [0, 0.05) is 16.6 Å². The summed E-state index contributed by atoms with van der Waals surface area (Å²) >= 11 is 4.49. The zero-order chi connectivity index (χ0) is 17.1. The van der Waals surface area contributed by atoms with Crippen LogP contribution in [0.3, 0.4) is 0 Å². The molecule has 3 rings (SSSR count). The summed E-state index contributed by atoms with van der Waals surface area (Å²) in [5.74, 6) is 0.222. The second-order valence-electron chi connectivity index (χ2n) is 4.72. The molecule has 24 heavy (non-hydrogen) atoms. The van der Waals surface area contributed by atoms with Gasteiger partial charge < -0.3 is 4.74 Å². The third-order valence-electron chi connectivity index (χ3n) is 3.01. The number of nitrogens with one attached hydrogen (secondary N) is 1. The summed E-state index contributed by atoms with van der Waals surface area (Å²) in [6.45, 7) is -0.155. The normalized spacial score (nSPS) is 10.5. The van der Waals surface area contributed by atoms with Crippen LogP contribution in [0.5, 0.6) is 5.75 Å². The molecule has 122 valence electrons. The van der Waals surface area contributed by atoms with Crippen molar-refractivity contribution in [1.82, 2.24) is 4.98 Å². The third kappa shape index (κ3) is 3.87. The van der Waals surface area contributed by atoms with E-state index in [1.165, 1.54) is 23.5 Å². The van der Waals surface area contributed by atoms with E-state index in [4.69, 9.17) is 4.74 Å². The van der Waals surface area contributed by atoms with Crippen LogP contribution in [-0.2, 0) is 4.79 Å². The Balaban J connectivity index is 1.64. The number of amides is 1. The van der Waals surface area contributed by atoms with E-state index in [-0.39, 0.29) is 18.2 Å². The lowest BCUT2D eigenvalue weighted by Crippen LogP contribution is -2.19. The molecule has 0 saturated heterocycles. The van der Waals surface area contributed by atoms with Crippen molar-refractivity contribution in [2.75, 3.05) is 11.9 Å². The summed E-state index contributed by atoms with van der Waals surface area (Å²) in [7, 11) is 0. The van der Waals surface area contributed by atoms with Gasteiger partial charge in [-0.1, -0.05) is 27.3 Å². The number of hydrogen-bond donors (Lipinski definition) is 1. The summed E-state index contributed by atoms with van der Waals surface area (Å²) in [5.41, 5.74) is 0.581. The van der Waals surface area contributed by atoms with Gasteiger partial charge in [-0.15, -0.1) is 0 Å². The summed E-state index contributed by atoms with van der Waals surface area (Å²) in [6, 6.07) is 11.5. The lowest BCUT2D eigenvalue weighted by atomic mass is 10.3. The molecule has 0 spiro atoms. The minimum atomic E-state index is -0.469. The van der Waals surface area contributed by atoms with Crippen LogP contribution in [0.2, 0.25) is 0 Å². The summed E-state index contributed by atoms with van der Waals surface area (Å²) in [4.78, 5) is 26.4. The van der Waals surface area contributed by atoms with Gasteiger partial charge in [0.25, 0.3) is 11.6 Å². The summed E-state index contributed by atoms with van der Waals surface area (Å²) in [5, 5.41) is 13.8. The molecule has 1 aromatic heterocycles. The van der Waals surface area contributed by atoms with E-state index in [0.717, 1.165) is 4.47 Å². The number of nitro groups is 1. The van der Waals surface area contributed by atoms with E-state index in [2.05, 4.69) is 26.2 Å². The Kier molecular flexibility index (Phi) is 4.72. The Morgan fingerprint density at radius 2 is 2.04 bits per heavy atom. The Hall–Kier alpha value is -2.52. The monoisotopic (exact) mass is 407 g/mol. The fourth-order valence-electron chi connectivity index (χ4n) is 1.92. The van der Waals surface area contributed by atoms with Crippen LogP contribution in [0.15, 0.2) is 46.9 Å². The quantitative estimate of drug-likeness (QED) is 0.509. The molecule has 0 radical (unpaired) electrons. The molecular weight excluding hydrogens is 398 g/mol. The number of hydrogen-bond acceptors (Lipinski definition) is 6. The van der Waals surface area contributed by atoms with Crippen molar-refractivity contribution in [2.24, 2.45) is 0 Å². The zero-order valence-corrected chi connectivity index (χ0v) is 14.5. The van der Waals surface area contributed by atoms with Gasteiger partial charge in [-0.2, -0.15) is 0 Å². The molecule has 1 heterocycles. The highest BCUT2D eigenvalue weighted by atomic mass is 79.9.